The first-order valence-corrected chi connectivity index (χ1v) is 8.70. The summed E-state index contributed by atoms with van der Waals surface area (Å²) in [4.78, 5) is 24.5. The molecule has 0 bridgehead atoms. The Hall–Kier alpha value is -1.95. The van der Waals surface area contributed by atoms with Gasteiger partial charge in [-0.25, -0.2) is 4.79 Å². The zero-order valence-corrected chi connectivity index (χ0v) is 16.2. The Kier molecular flexibility index (Phi) is 8.03. The van der Waals surface area contributed by atoms with Crippen molar-refractivity contribution in [1.82, 2.24) is 5.32 Å². The lowest BCUT2D eigenvalue weighted by Crippen LogP contribution is -2.52. The first kappa shape index (κ1) is 21.1. The monoisotopic (exact) mass is 371 g/mol. The van der Waals surface area contributed by atoms with Crippen LogP contribution in [0.15, 0.2) is 12.1 Å². The van der Waals surface area contributed by atoms with E-state index < -0.39 is 17.4 Å². The van der Waals surface area contributed by atoms with Gasteiger partial charge in [-0.15, -0.1) is 0 Å². The van der Waals surface area contributed by atoms with E-state index in [-0.39, 0.29) is 10.6 Å². The maximum atomic E-state index is 12.6. The van der Waals surface area contributed by atoms with E-state index in [0.29, 0.717) is 31.1 Å². The highest BCUT2D eigenvalue weighted by molar-refractivity contribution is 6.32. The molecule has 25 heavy (non-hydrogen) atoms. The number of rotatable bonds is 9. The topological polar surface area (TPSA) is 73.9 Å². The molecule has 0 fully saturated rings. The van der Waals surface area contributed by atoms with Gasteiger partial charge >= 0.3 is 5.97 Å². The number of benzene rings is 1. The number of carbonyl (C=O) groups is 2. The zero-order valence-electron chi connectivity index (χ0n) is 15.4. The number of esters is 1. The molecular weight excluding hydrogens is 346 g/mol. The predicted molar refractivity (Wildman–Crippen MR) is 96.6 cm³/mol. The molecule has 0 saturated heterocycles. The molecule has 0 saturated carbocycles. The van der Waals surface area contributed by atoms with Crippen LogP contribution >= 0.6 is 11.6 Å². The van der Waals surface area contributed by atoms with Gasteiger partial charge in [0.05, 0.1) is 25.3 Å². The molecule has 1 rings (SSSR count). The molecule has 6 nitrogen and oxygen atoms in total. The normalized spacial score (nSPS) is 12.9. The number of amides is 1. The SMILES string of the molecule is CCCOc1c(Cl)cc(C(=O)NC(C)(CC)C(=O)OC)cc1OCC. The lowest BCUT2D eigenvalue weighted by Gasteiger charge is -2.26. The second kappa shape index (κ2) is 9.51. The quantitative estimate of drug-likeness (QED) is 0.671. The van der Waals surface area contributed by atoms with Gasteiger partial charge in [-0.3, -0.25) is 4.79 Å². The highest BCUT2D eigenvalue weighted by Crippen LogP contribution is 2.37. The van der Waals surface area contributed by atoms with E-state index in [4.69, 9.17) is 25.8 Å². The van der Waals surface area contributed by atoms with Gasteiger partial charge in [0, 0.05) is 5.56 Å². The third-order valence-corrected chi connectivity index (χ3v) is 4.04. The minimum absolute atomic E-state index is 0.279. The van der Waals surface area contributed by atoms with Crippen LogP contribution in [0.4, 0.5) is 0 Å². The van der Waals surface area contributed by atoms with E-state index in [0.717, 1.165) is 6.42 Å². The lowest BCUT2D eigenvalue weighted by atomic mass is 9.98. The van der Waals surface area contributed by atoms with Crippen molar-refractivity contribution in [3.05, 3.63) is 22.7 Å². The summed E-state index contributed by atoms with van der Waals surface area (Å²) in [5, 5.41) is 2.98. The molecule has 1 atom stereocenters. The molecule has 1 amide bonds. The number of nitrogens with one attached hydrogen (secondary N) is 1. The van der Waals surface area contributed by atoms with E-state index in [1.165, 1.54) is 13.2 Å². The summed E-state index contributed by atoms with van der Waals surface area (Å²) in [5.41, 5.74) is -0.845. The van der Waals surface area contributed by atoms with Gasteiger partial charge in [-0.05, 0) is 38.8 Å². The molecule has 0 aliphatic carbocycles. The summed E-state index contributed by atoms with van der Waals surface area (Å²) in [6.07, 6.45) is 1.20. The molecule has 0 aromatic heterocycles. The van der Waals surface area contributed by atoms with Crippen molar-refractivity contribution in [3.8, 4) is 11.5 Å². The van der Waals surface area contributed by atoms with Crippen LogP contribution in [0.25, 0.3) is 0 Å². The van der Waals surface area contributed by atoms with Crippen LogP contribution in [0.2, 0.25) is 5.02 Å². The van der Waals surface area contributed by atoms with Crippen LogP contribution in [0, 0.1) is 0 Å². The Morgan fingerprint density at radius 1 is 1.20 bits per heavy atom. The standard InChI is InChI=1S/C18H26ClNO5/c1-6-9-25-15-13(19)10-12(11-14(15)24-8-3)16(21)20-18(4,7-2)17(22)23-5/h10-11H,6-9H2,1-5H3,(H,20,21). The fraction of sp³-hybridized carbons (Fsp3) is 0.556. The molecule has 0 heterocycles. The molecule has 0 aliphatic rings. The van der Waals surface area contributed by atoms with Crippen molar-refractivity contribution >= 4 is 23.5 Å². The summed E-state index contributed by atoms with van der Waals surface area (Å²) in [6.45, 7) is 8.10. The molecule has 7 heteroatoms. The van der Waals surface area contributed by atoms with E-state index in [1.54, 1.807) is 19.9 Å². The van der Waals surface area contributed by atoms with Gasteiger partial charge in [-0.1, -0.05) is 25.4 Å². The number of carbonyl (C=O) groups excluding carboxylic acids is 2. The lowest BCUT2D eigenvalue weighted by molar-refractivity contribution is -0.147. The average Bonchev–Trinajstić information content (AvgIpc) is 2.60. The second-order valence-electron chi connectivity index (χ2n) is 5.70. The van der Waals surface area contributed by atoms with Gasteiger partial charge in [0.15, 0.2) is 11.5 Å². The van der Waals surface area contributed by atoms with Crippen molar-refractivity contribution in [3.63, 3.8) is 0 Å². The van der Waals surface area contributed by atoms with Crippen LogP contribution in [0.5, 0.6) is 11.5 Å². The Bertz CT molecular complexity index is 620. The average molecular weight is 372 g/mol. The van der Waals surface area contributed by atoms with Gasteiger partial charge in [0.25, 0.3) is 5.91 Å². The maximum Gasteiger partial charge on any atom is 0.331 e. The van der Waals surface area contributed by atoms with Crippen LogP contribution in [-0.2, 0) is 9.53 Å². The molecule has 140 valence electrons. The third-order valence-electron chi connectivity index (χ3n) is 3.75. The molecule has 1 aromatic carbocycles. The Morgan fingerprint density at radius 2 is 1.88 bits per heavy atom. The molecule has 0 spiro atoms. The second-order valence-corrected chi connectivity index (χ2v) is 6.11. The molecule has 0 aliphatic heterocycles. The zero-order chi connectivity index (χ0) is 19.0. The van der Waals surface area contributed by atoms with Crippen molar-refractivity contribution in [2.24, 2.45) is 0 Å². The Balaban J connectivity index is 3.15. The number of halogens is 1. The first-order valence-electron chi connectivity index (χ1n) is 8.32. The van der Waals surface area contributed by atoms with Gasteiger partial charge in [0.2, 0.25) is 0 Å². The summed E-state index contributed by atoms with van der Waals surface area (Å²) in [5.74, 6) is -0.153. The predicted octanol–water partition coefficient (Wildman–Crippen LogP) is 3.60. The number of methoxy groups -OCH3 is 1. The molecule has 1 N–H and O–H groups in total. The number of ether oxygens (including phenoxy) is 3. The molecule has 0 radical (unpaired) electrons. The largest absolute Gasteiger partial charge is 0.490 e. The molecular formula is C18H26ClNO5. The van der Waals surface area contributed by atoms with Crippen LogP contribution < -0.4 is 14.8 Å². The highest BCUT2D eigenvalue weighted by Gasteiger charge is 2.34. The van der Waals surface area contributed by atoms with E-state index >= 15 is 0 Å². The minimum Gasteiger partial charge on any atom is -0.490 e. The maximum absolute atomic E-state index is 12.6. The number of hydrogen-bond donors (Lipinski definition) is 1. The summed E-state index contributed by atoms with van der Waals surface area (Å²) >= 11 is 6.27. The van der Waals surface area contributed by atoms with Crippen molar-refractivity contribution in [2.45, 2.75) is 46.1 Å². The smallest absolute Gasteiger partial charge is 0.331 e. The molecule has 1 unspecified atom stereocenters. The summed E-state index contributed by atoms with van der Waals surface area (Å²) < 4.78 is 15.9. The minimum atomic E-state index is -1.12. The molecule has 1 aromatic rings. The van der Waals surface area contributed by atoms with E-state index in [1.807, 2.05) is 13.8 Å². The first-order chi connectivity index (χ1) is 11.8. The van der Waals surface area contributed by atoms with Crippen LogP contribution in [-0.4, -0.2) is 37.7 Å². The Labute approximate surface area is 153 Å². The number of hydrogen-bond acceptors (Lipinski definition) is 5. The van der Waals surface area contributed by atoms with Gasteiger partial charge < -0.3 is 19.5 Å². The van der Waals surface area contributed by atoms with Crippen LogP contribution in [0.1, 0.15) is 50.9 Å². The van der Waals surface area contributed by atoms with E-state index in [2.05, 4.69) is 5.32 Å². The van der Waals surface area contributed by atoms with Gasteiger partial charge in [0.1, 0.15) is 5.54 Å². The fourth-order valence-electron chi connectivity index (χ4n) is 2.14. The van der Waals surface area contributed by atoms with Crippen molar-refractivity contribution in [1.29, 1.82) is 0 Å². The summed E-state index contributed by atoms with van der Waals surface area (Å²) in [6, 6.07) is 3.06. The van der Waals surface area contributed by atoms with Gasteiger partial charge in [-0.2, -0.15) is 0 Å². The highest BCUT2D eigenvalue weighted by atomic mass is 35.5. The van der Waals surface area contributed by atoms with Crippen molar-refractivity contribution < 1.29 is 23.8 Å². The summed E-state index contributed by atoms with van der Waals surface area (Å²) in [7, 11) is 1.28. The van der Waals surface area contributed by atoms with Crippen molar-refractivity contribution in [2.75, 3.05) is 20.3 Å². The fourth-order valence-corrected chi connectivity index (χ4v) is 2.40. The van der Waals surface area contributed by atoms with E-state index in [9.17, 15) is 9.59 Å². The third kappa shape index (κ3) is 5.26. The van der Waals surface area contributed by atoms with Crippen LogP contribution in [0.3, 0.4) is 0 Å². The Morgan fingerprint density at radius 3 is 2.40 bits per heavy atom.